The van der Waals surface area contributed by atoms with Gasteiger partial charge < -0.3 is 4.90 Å². The summed E-state index contributed by atoms with van der Waals surface area (Å²) in [5, 5.41) is 7.07. The minimum atomic E-state index is -4.44. The van der Waals surface area contributed by atoms with Gasteiger partial charge in [0.05, 0.1) is 11.8 Å². The van der Waals surface area contributed by atoms with Crippen molar-refractivity contribution in [1.82, 2.24) is 29.5 Å². The number of H-pyrrole nitrogens is 1. The van der Waals surface area contributed by atoms with E-state index in [-0.39, 0.29) is 0 Å². The number of hydrazine groups is 1. The van der Waals surface area contributed by atoms with Crippen LogP contribution >= 0.6 is 0 Å². The number of piperidine rings is 1. The van der Waals surface area contributed by atoms with E-state index in [1.165, 1.54) is 16.7 Å². The van der Waals surface area contributed by atoms with Gasteiger partial charge in [0.2, 0.25) is 0 Å². The number of halogens is 3. The lowest BCUT2D eigenvalue weighted by atomic mass is 9.95. The smallest absolute Gasteiger partial charge is 0.356 e. The molecule has 5 heterocycles. The summed E-state index contributed by atoms with van der Waals surface area (Å²) in [7, 11) is 0. The highest BCUT2D eigenvalue weighted by atomic mass is 19.4. The second-order valence-electron chi connectivity index (χ2n) is 7.32. The van der Waals surface area contributed by atoms with Crippen LogP contribution in [0.25, 0.3) is 17.2 Å². The lowest BCUT2D eigenvalue weighted by Gasteiger charge is -2.33. The molecule has 0 saturated carbocycles. The summed E-state index contributed by atoms with van der Waals surface area (Å²) in [4.78, 5) is 15.3. The van der Waals surface area contributed by atoms with Crippen LogP contribution in [0.15, 0.2) is 49.1 Å². The van der Waals surface area contributed by atoms with Gasteiger partial charge in [0.25, 0.3) is 0 Å². The van der Waals surface area contributed by atoms with Gasteiger partial charge in [-0.25, -0.2) is 15.0 Å². The highest BCUT2D eigenvalue weighted by Gasteiger charge is 2.31. The number of imidazole rings is 1. The first-order chi connectivity index (χ1) is 15.5. The minimum Gasteiger partial charge on any atom is -0.356 e. The highest BCUT2D eigenvalue weighted by molar-refractivity contribution is 5.59. The molecule has 1 fully saturated rings. The first-order valence-electron chi connectivity index (χ1n) is 9.94. The van der Waals surface area contributed by atoms with Crippen molar-refractivity contribution < 1.29 is 13.2 Å². The SMILES string of the molecule is FC(F)(F)c1ccc2ncc(-c3nccc(N4CCCC(c5ccn[nH]5)C4)n3)n2c1.NN. The van der Waals surface area contributed by atoms with Crippen molar-refractivity contribution >= 4 is 11.5 Å². The first-order valence-corrected chi connectivity index (χ1v) is 9.94. The molecule has 0 bridgehead atoms. The van der Waals surface area contributed by atoms with Crippen molar-refractivity contribution in [1.29, 1.82) is 0 Å². The Kier molecular flexibility index (Phi) is 6.06. The van der Waals surface area contributed by atoms with E-state index in [1.807, 2.05) is 12.1 Å². The zero-order valence-electron chi connectivity index (χ0n) is 17.0. The van der Waals surface area contributed by atoms with E-state index in [2.05, 4.69) is 41.7 Å². The zero-order chi connectivity index (χ0) is 22.7. The van der Waals surface area contributed by atoms with Gasteiger partial charge in [-0.2, -0.15) is 18.3 Å². The number of rotatable bonds is 3. The molecule has 1 aliphatic rings. The van der Waals surface area contributed by atoms with E-state index in [0.29, 0.717) is 23.1 Å². The summed E-state index contributed by atoms with van der Waals surface area (Å²) < 4.78 is 40.8. The summed E-state index contributed by atoms with van der Waals surface area (Å²) in [5.74, 6) is 9.40. The normalized spacial score (nSPS) is 16.7. The fraction of sp³-hybridized carbons (Fsp3) is 0.300. The van der Waals surface area contributed by atoms with E-state index < -0.39 is 11.7 Å². The molecule has 9 nitrogen and oxygen atoms in total. The van der Waals surface area contributed by atoms with E-state index in [4.69, 9.17) is 0 Å². The second-order valence-corrected chi connectivity index (χ2v) is 7.32. The zero-order valence-corrected chi connectivity index (χ0v) is 17.0. The van der Waals surface area contributed by atoms with Gasteiger partial charge in [0, 0.05) is 43.3 Å². The van der Waals surface area contributed by atoms with Crippen molar-refractivity contribution in [3.63, 3.8) is 0 Å². The average Bonchev–Trinajstić information content (AvgIpc) is 3.50. The highest BCUT2D eigenvalue weighted by Crippen LogP contribution is 2.31. The van der Waals surface area contributed by atoms with Gasteiger partial charge in [-0.1, -0.05) is 0 Å². The number of nitrogens with zero attached hydrogens (tertiary/aromatic N) is 6. The summed E-state index contributed by atoms with van der Waals surface area (Å²) in [6.07, 6.45) is 3.54. The molecule has 0 aliphatic carbocycles. The van der Waals surface area contributed by atoms with Crippen molar-refractivity contribution in [2.75, 3.05) is 18.0 Å². The molecule has 4 aromatic heterocycles. The number of fused-ring (bicyclic) bond motifs is 1. The number of pyridine rings is 1. The van der Waals surface area contributed by atoms with E-state index >= 15 is 0 Å². The van der Waals surface area contributed by atoms with Crippen LogP contribution in [0, 0.1) is 0 Å². The largest absolute Gasteiger partial charge is 0.417 e. The van der Waals surface area contributed by atoms with Crippen LogP contribution in [0.4, 0.5) is 19.0 Å². The van der Waals surface area contributed by atoms with Crippen molar-refractivity contribution in [2.24, 2.45) is 11.7 Å². The quantitative estimate of drug-likeness (QED) is 0.327. The molecule has 1 saturated heterocycles. The Hall–Kier alpha value is -3.51. The molecule has 1 unspecified atom stereocenters. The van der Waals surface area contributed by atoms with Crippen LogP contribution in [0.5, 0.6) is 0 Å². The molecule has 12 heteroatoms. The topological polar surface area (TPSA) is 127 Å². The summed E-state index contributed by atoms with van der Waals surface area (Å²) >= 11 is 0. The molecular formula is C20H22F3N9. The van der Waals surface area contributed by atoms with E-state index in [9.17, 15) is 13.2 Å². The Balaban J connectivity index is 0.00000119. The van der Waals surface area contributed by atoms with Gasteiger partial charge >= 0.3 is 6.18 Å². The monoisotopic (exact) mass is 445 g/mol. The number of alkyl halides is 3. The van der Waals surface area contributed by atoms with Crippen LogP contribution in [0.3, 0.4) is 0 Å². The van der Waals surface area contributed by atoms with Crippen molar-refractivity contribution in [3.05, 3.63) is 60.3 Å². The fourth-order valence-electron chi connectivity index (χ4n) is 3.90. The lowest BCUT2D eigenvalue weighted by Crippen LogP contribution is -2.35. The van der Waals surface area contributed by atoms with Gasteiger partial charge in [-0.05, 0) is 37.1 Å². The molecular weight excluding hydrogens is 423 g/mol. The molecule has 0 amide bonds. The summed E-state index contributed by atoms with van der Waals surface area (Å²) in [6.45, 7) is 1.64. The summed E-state index contributed by atoms with van der Waals surface area (Å²) in [5.41, 5.74) is 1.17. The Morgan fingerprint density at radius 2 is 1.91 bits per heavy atom. The third-order valence-corrected chi connectivity index (χ3v) is 5.41. The number of aromatic nitrogens is 6. The third-order valence-electron chi connectivity index (χ3n) is 5.41. The summed E-state index contributed by atoms with van der Waals surface area (Å²) in [6, 6.07) is 6.17. The van der Waals surface area contributed by atoms with Crippen LogP contribution in [-0.2, 0) is 6.18 Å². The number of nitrogens with two attached hydrogens (primary N) is 2. The van der Waals surface area contributed by atoms with Crippen LogP contribution in [0.2, 0.25) is 0 Å². The van der Waals surface area contributed by atoms with Gasteiger partial charge in [0.15, 0.2) is 5.82 Å². The molecule has 0 aromatic carbocycles. The van der Waals surface area contributed by atoms with Gasteiger partial charge in [0.1, 0.15) is 17.2 Å². The maximum absolute atomic E-state index is 13.1. The van der Waals surface area contributed by atoms with E-state index in [1.54, 1.807) is 12.4 Å². The number of aromatic amines is 1. The Labute approximate surface area is 181 Å². The predicted molar refractivity (Wildman–Crippen MR) is 112 cm³/mol. The molecule has 1 atom stereocenters. The first kappa shape index (κ1) is 21.7. The second kappa shape index (κ2) is 8.93. The van der Waals surface area contributed by atoms with Gasteiger partial charge in [-0.3, -0.25) is 21.2 Å². The molecule has 168 valence electrons. The predicted octanol–water partition coefficient (Wildman–Crippen LogP) is 2.74. The van der Waals surface area contributed by atoms with Crippen LogP contribution < -0.4 is 16.6 Å². The molecule has 0 radical (unpaired) electrons. The van der Waals surface area contributed by atoms with E-state index in [0.717, 1.165) is 49.7 Å². The molecule has 5 rings (SSSR count). The molecule has 32 heavy (non-hydrogen) atoms. The van der Waals surface area contributed by atoms with Crippen LogP contribution in [0.1, 0.15) is 30.0 Å². The number of hydrogen-bond acceptors (Lipinski definition) is 7. The average molecular weight is 445 g/mol. The lowest BCUT2D eigenvalue weighted by molar-refractivity contribution is -0.137. The van der Waals surface area contributed by atoms with Crippen molar-refractivity contribution in [2.45, 2.75) is 24.9 Å². The Morgan fingerprint density at radius 1 is 1.06 bits per heavy atom. The minimum absolute atomic E-state index is 0.324. The van der Waals surface area contributed by atoms with Crippen molar-refractivity contribution in [3.8, 4) is 11.5 Å². The standard InChI is InChI=1S/C20H18F3N7.H4N2/c21-20(22,23)14-3-4-17-25-10-16(30(17)12-14)19-24-7-6-18(27-19)29-9-1-2-13(11-29)15-5-8-26-28-15;1-2/h3-8,10,12-13H,1-2,9,11H2,(H,26,28);1-2H2. The Bertz CT molecular complexity index is 1170. The fourth-order valence-corrected chi connectivity index (χ4v) is 3.90. The maximum atomic E-state index is 13.1. The molecule has 0 spiro atoms. The van der Waals surface area contributed by atoms with Crippen LogP contribution in [-0.4, -0.2) is 42.6 Å². The van der Waals surface area contributed by atoms with Gasteiger partial charge in [-0.15, -0.1) is 0 Å². The third kappa shape index (κ3) is 4.27. The molecule has 4 aromatic rings. The number of anilines is 1. The maximum Gasteiger partial charge on any atom is 0.417 e. The number of nitrogens with one attached hydrogen (secondary N) is 1. The Morgan fingerprint density at radius 3 is 2.66 bits per heavy atom. The molecule has 5 N–H and O–H groups in total. The molecule has 1 aliphatic heterocycles. The number of hydrogen-bond donors (Lipinski definition) is 3.